The zero-order valence-corrected chi connectivity index (χ0v) is 13.8. The molecule has 130 valence electrons. The van der Waals surface area contributed by atoms with Gasteiger partial charge in [0.2, 0.25) is 0 Å². The fraction of sp³-hybridized carbons (Fsp3) is 0.529. The number of ether oxygens (including phenoxy) is 1. The third kappa shape index (κ3) is 4.38. The number of nitrogens with zero attached hydrogens (tertiary/aromatic N) is 2. The fourth-order valence-electron chi connectivity index (χ4n) is 3.04. The van der Waals surface area contributed by atoms with E-state index in [2.05, 4.69) is 15.5 Å². The average molecular weight is 332 g/mol. The number of benzene rings is 1. The Balaban J connectivity index is 1.41. The van der Waals surface area contributed by atoms with Crippen molar-refractivity contribution in [3.8, 4) is 0 Å². The molecule has 2 saturated heterocycles. The number of hydrogen-bond acceptors (Lipinski definition) is 4. The molecule has 0 bridgehead atoms. The van der Waals surface area contributed by atoms with E-state index >= 15 is 0 Å². The van der Waals surface area contributed by atoms with Gasteiger partial charge in [-0.15, -0.1) is 0 Å². The molecule has 7 heteroatoms. The van der Waals surface area contributed by atoms with Crippen LogP contribution in [0.4, 0.5) is 21.0 Å². The van der Waals surface area contributed by atoms with Crippen molar-refractivity contribution >= 4 is 23.5 Å². The van der Waals surface area contributed by atoms with Crippen molar-refractivity contribution in [2.75, 3.05) is 49.5 Å². The predicted octanol–water partition coefficient (Wildman–Crippen LogP) is 2.25. The first kappa shape index (κ1) is 16.6. The van der Waals surface area contributed by atoms with Crippen LogP contribution in [-0.2, 0) is 4.74 Å². The molecule has 0 spiro atoms. The first-order valence-corrected chi connectivity index (χ1v) is 8.54. The van der Waals surface area contributed by atoms with Crippen LogP contribution in [-0.4, -0.2) is 56.4 Å². The van der Waals surface area contributed by atoms with Gasteiger partial charge in [-0.1, -0.05) is 6.42 Å². The van der Waals surface area contributed by atoms with Crippen LogP contribution in [0.1, 0.15) is 19.3 Å². The molecule has 2 aliphatic heterocycles. The maximum Gasteiger partial charge on any atom is 0.414 e. The van der Waals surface area contributed by atoms with Crippen molar-refractivity contribution in [1.82, 2.24) is 10.2 Å². The van der Waals surface area contributed by atoms with E-state index in [4.69, 9.17) is 4.74 Å². The van der Waals surface area contributed by atoms with Crippen LogP contribution in [0.25, 0.3) is 0 Å². The molecule has 7 nitrogen and oxygen atoms in total. The largest absolute Gasteiger partial charge is 0.447 e. The number of hydrogen-bond donors (Lipinski definition) is 2. The van der Waals surface area contributed by atoms with Crippen LogP contribution in [0.2, 0.25) is 0 Å². The average Bonchev–Trinajstić information content (AvgIpc) is 3.03. The van der Waals surface area contributed by atoms with Gasteiger partial charge in [0, 0.05) is 24.5 Å². The van der Waals surface area contributed by atoms with Crippen molar-refractivity contribution in [3.05, 3.63) is 24.3 Å². The molecule has 2 aliphatic rings. The molecule has 0 aromatic heterocycles. The van der Waals surface area contributed by atoms with Gasteiger partial charge in [-0.2, -0.15) is 0 Å². The minimum Gasteiger partial charge on any atom is -0.447 e. The Morgan fingerprint density at radius 2 is 1.83 bits per heavy atom. The summed E-state index contributed by atoms with van der Waals surface area (Å²) in [6.07, 6.45) is 3.49. The Bertz CT molecular complexity index is 570. The van der Waals surface area contributed by atoms with Gasteiger partial charge in [0.25, 0.3) is 0 Å². The summed E-state index contributed by atoms with van der Waals surface area (Å²) < 4.78 is 4.91. The zero-order chi connectivity index (χ0) is 16.8. The first-order valence-electron chi connectivity index (χ1n) is 8.54. The lowest BCUT2D eigenvalue weighted by molar-refractivity contribution is 0.181. The maximum absolute atomic E-state index is 11.9. The normalized spacial score (nSPS) is 18.3. The third-order valence-electron chi connectivity index (χ3n) is 4.36. The number of carbonyl (C=O) groups is 2. The quantitative estimate of drug-likeness (QED) is 0.867. The van der Waals surface area contributed by atoms with Gasteiger partial charge in [-0.05, 0) is 50.2 Å². The molecule has 0 atom stereocenters. The molecule has 1 aromatic carbocycles. The molecule has 2 N–H and O–H groups in total. The van der Waals surface area contributed by atoms with Crippen molar-refractivity contribution in [3.63, 3.8) is 0 Å². The van der Waals surface area contributed by atoms with E-state index in [-0.39, 0.29) is 12.1 Å². The third-order valence-corrected chi connectivity index (χ3v) is 4.36. The molecule has 0 saturated carbocycles. The smallest absolute Gasteiger partial charge is 0.414 e. The van der Waals surface area contributed by atoms with Crippen LogP contribution in [0.15, 0.2) is 24.3 Å². The van der Waals surface area contributed by atoms with Crippen LogP contribution in [0, 0.1) is 0 Å². The van der Waals surface area contributed by atoms with E-state index in [0.717, 1.165) is 25.3 Å². The van der Waals surface area contributed by atoms with Crippen LogP contribution < -0.4 is 15.5 Å². The highest BCUT2D eigenvalue weighted by molar-refractivity contribution is 5.91. The molecule has 2 fully saturated rings. The number of amides is 3. The number of anilines is 2. The minimum atomic E-state index is -0.328. The number of urea groups is 1. The van der Waals surface area contributed by atoms with E-state index < -0.39 is 0 Å². The van der Waals surface area contributed by atoms with Crippen LogP contribution >= 0.6 is 0 Å². The van der Waals surface area contributed by atoms with E-state index in [0.29, 0.717) is 25.4 Å². The SMILES string of the molecule is O=C(NCCN1CCCCC1)Nc1ccc(N2CCOC2=O)cc1. The topological polar surface area (TPSA) is 73.9 Å². The van der Waals surface area contributed by atoms with Crippen LogP contribution in [0.5, 0.6) is 0 Å². The van der Waals surface area contributed by atoms with E-state index in [1.54, 1.807) is 29.2 Å². The Morgan fingerprint density at radius 3 is 2.50 bits per heavy atom. The molecule has 0 unspecified atom stereocenters. The molecule has 3 amide bonds. The molecular weight excluding hydrogens is 308 g/mol. The number of cyclic esters (lactones) is 1. The highest BCUT2D eigenvalue weighted by atomic mass is 16.6. The van der Waals surface area contributed by atoms with Gasteiger partial charge >= 0.3 is 12.1 Å². The highest BCUT2D eigenvalue weighted by Crippen LogP contribution is 2.20. The summed E-state index contributed by atoms with van der Waals surface area (Å²) in [6.45, 7) is 4.77. The number of likely N-dealkylation sites (tertiary alicyclic amines) is 1. The zero-order valence-electron chi connectivity index (χ0n) is 13.8. The lowest BCUT2D eigenvalue weighted by Gasteiger charge is -2.26. The summed E-state index contributed by atoms with van der Waals surface area (Å²) in [6, 6.07) is 6.96. The maximum atomic E-state index is 11.9. The monoisotopic (exact) mass is 332 g/mol. The highest BCUT2D eigenvalue weighted by Gasteiger charge is 2.23. The second-order valence-corrected chi connectivity index (χ2v) is 6.10. The Labute approximate surface area is 141 Å². The van der Waals surface area contributed by atoms with E-state index in [1.165, 1.54) is 19.3 Å². The van der Waals surface area contributed by atoms with Crippen molar-refractivity contribution < 1.29 is 14.3 Å². The van der Waals surface area contributed by atoms with Gasteiger partial charge in [0.05, 0.1) is 6.54 Å². The van der Waals surface area contributed by atoms with Gasteiger partial charge < -0.3 is 20.3 Å². The first-order chi connectivity index (χ1) is 11.7. The van der Waals surface area contributed by atoms with Crippen molar-refractivity contribution in [2.24, 2.45) is 0 Å². The van der Waals surface area contributed by atoms with Crippen molar-refractivity contribution in [2.45, 2.75) is 19.3 Å². The fourth-order valence-corrected chi connectivity index (χ4v) is 3.04. The summed E-state index contributed by atoms with van der Waals surface area (Å²) in [4.78, 5) is 27.4. The lowest BCUT2D eigenvalue weighted by Crippen LogP contribution is -2.39. The standard InChI is InChI=1S/C17H24N4O3/c22-16(18-8-11-20-9-2-1-3-10-20)19-14-4-6-15(7-5-14)21-12-13-24-17(21)23/h4-7H,1-3,8-13H2,(H2,18,19,22). The summed E-state index contributed by atoms with van der Waals surface area (Å²) >= 11 is 0. The number of nitrogens with one attached hydrogen (secondary N) is 2. The summed E-state index contributed by atoms with van der Waals surface area (Å²) in [5, 5.41) is 5.68. The molecular formula is C17H24N4O3. The van der Waals surface area contributed by atoms with E-state index in [1.807, 2.05) is 0 Å². The van der Waals surface area contributed by atoms with Gasteiger partial charge in [-0.25, -0.2) is 9.59 Å². The Hall–Kier alpha value is -2.28. The molecule has 0 radical (unpaired) electrons. The van der Waals surface area contributed by atoms with Gasteiger partial charge in [0.15, 0.2) is 0 Å². The van der Waals surface area contributed by atoms with Gasteiger partial charge in [-0.3, -0.25) is 4.90 Å². The lowest BCUT2D eigenvalue weighted by atomic mass is 10.1. The van der Waals surface area contributed by atoms with Gasteiger partial charge in [0.1, 0.15) is 6.61 Å². The van der Waals surface area contributed by atoms with Crippen molar-refractivity contribution in [1.29, 1.82) is 0 Å². The molecule has 1 aromatic rings. The Morgan fingerprint density at radius 1 is 1.08 bits per heavy atom. The summed E-state index contributed by atoms with van der Waals surface area (Å²) in [5.74, 6) is 0. The number of carbonyl (C=O) groups excluding carboxylic acids is 2. The molecule has 3 rings (SSSR count). The number of piperidine rings is 1. The van der Waals surface area contributed by atoms with Crippen LogP contribution in [0.3, 0.4) is 0 Å². The molecule has 2 heterocycles. The molecule has 0 aliphatic carbocycles. The summed E-state index contributed by atoms with van der Waals surface area (Å²) in [7, 11) is 0. The summed E-state index contributed by atoms with van der Waals surface area (Å²) in [5.41, 5.74) is 1.47. The second kappa shape index (κ2) is 8.01. The minimum absolute atomic E-state index is 0.208. The second-order valence-electron chi connectivity index (χ2n) is 6.10. The predicted molar refractivity (Wildman–Crippen MR) is 92.4 cm³/mol. The number of rotatable bonds is 5. The Kier molecular flexibility index (Phi) is 5.53. The molecule has 24 heavy (non-hydrogen) atoms. The van der Waals surface area contributed by atoms with E-state index in [9.17, 15) is 9.59 Å².